The predicted molar refractivity (Wildman–Crippen MR) is 119 cm³/mol. The number of hydrogen-bond donors (Lipinski definition) is 0. The highest BCUT2D eigenvalue weighted by Crippen LogP contribution is 2.28. The Morgan fingerprint density at radius 3 is 2.32 bits per heavy atom. The molecule has 6 nitrogen and oxygen atoms in total. The molecule has 0 radical (unpaired) electrons. The Bertz CT molecular complexity index is 869. The average Bonchev–Trinajstić information content (AvgIpc) is 2.78. The third-order valence-corrected chi connectivity index (χ3v) is 5.67. The van der Waals surface area contributed by atoms with Gasteiger partial charge in [-0.2, -0.15) is 0 Å². The second-order valence-corrected chi connectivity index (χ2v) is 7.78. The molecule has 0 N–H and O–H groups in total. The van der Waals surface area contributed by atoms with Crippen molar-refractivity contribution in [1.82, 2.24) is 14.7 Å². The number of carbonyl (C=O) groups is 1. The average molecular weight is 430 g/mol. The van der Waals surface area contributed by atoms with Gasteiger partial charge in [0.05, 0.1) is 20.8 Å². The van der Waals surface area contributed by atoms with Crippen LogP contribution in [0.4, 0.5) is 4.39 Å². The van der Waals surface area contributed by atoms with Crippen molar-refractivity contribution in [3.8, 4) is 11.5 Å². The largest absolute Gasteiger partial charge is 0.493 e. The zero-order valence-corrected chi connectivity index (χ0v) is 18.6. The number of nitrogens with zero attached hydrogens (tertiary/aromatic N) is 3. The Balaban J connectivity index is 1.48. The quantitative estimate of drug-likeness (QED) is 0.613. The fourth-order valence-electron chi connectivity index (χ4n) is 3.87. The molecule has 168 valence electrons. The molecule has 1 amide bonds. The Hall–Kier alpha value is -2.64. The van der Waals surface area contributed by atoms with Gasteiger partial charge < -0.3 is 14.4 Å². The van der Waals surface area contributed by atoms with Gasteiger partial charge in [-0.3, -0.25) is 14.6 Å². The maximum atomic E-state index is 13.4. The number of carbonyl (C=O) groups excluding carboxylic acids is 1. The van der Waals surface area contributed by atoms with E-state index in [9.17, 15) is 9.18 Å². The van der Waals surface area contributed by atoms with Gasteiger partial charge in [0.1, 0.15) is 5.82 Å². The molecule has 1 fully saturated rings. The van der Waals surface area contributed by atoms with Crippen LogP contribution in [-0.2, 0) is 17.9 Å². The minimum Gasteiger partial charge on any atom is -0.493 e. The van der Waals surface area contributed by atoms with E-state index in [4.69, 9.17) is 9.47 Å². The number of amides is 1. The fourth-order valence-corrected chi connectivity index (χ4v) is 3.87. The Labute approximate surface area is 184 Å². The summed E-state index contributed by atoms with van der Waals surface area (Å²) in [4.78, 5) is 19.1. The first-order chi connectivity index (χ1) is 15.0. The first-order valence-corrected chi connectivity index (χ1v) is 10.7. The van der Waals surface area contributed by atoms with E-state index in [1.165, 1.54) is 17.7 Å². The molecule has 3 rings (SSSR count). The summed E-state index contributed by atoms with van der Waals surface area (Å²) in [7, 11) is 3.28. The summed E-state index contributed by atoms with van der Waals surface area (Å²) in [5.41, 5.74) is 1.99. The molecule has 7 heteroatoms. The van der Waals surface area contributed by atoms with E-state index in [1.54, 1.807) is 25.2 Å². The molecule has 0 saturated carbocycles. The standard InChI is InChI=1S/C24H32FN3O3/c1-4-28(17-19-6-5-7-21(25)14-19)24(29)18-27-12-10-26(11-13-27)16-20-8-9-22(30-2)23(15-20)31-3/h5-9,14-15H,4,10-13,16-18H2,1-3H3. The minimum absolute atomic E-state index is 0.0834. The van der Waals surface area contributed by atoms with Crippen molar-refractivity contribution >= 4 is 5.91 Å². The van der Waals surface area contributed by atoms with Crippen LogP contribution in [0.2, 0.25) is 0 Å². The van der Waals surface area contributed by atoms with Crippen LogP contribution in [0.1, 0.15) is 18.1 Å². The Morgan fingerprint density at radius 1 is 0.968 bits per heavy atom. The molecule has 2 aromatic carbocycles. The highest BCUT2D eigenvalue weighted by Gasteiger charge is 2.22. The molecule has 0 aromatic heterocycles. The lowest BCUT2D eigenvalue weighted by Crippen LogP contribution is -2.49. The highest BCUT2D eigenvalue weighted by molar-refractivity contribution is 5.78. The van der Waals surface area contributed by atoms with Crippen molar-refractivity contribution in [2.75, 3.05) is 53.5 Å². The third-order valence-electron chi connectivity index (χ3n) is 5.67. The van der Waals surface area contributed by atoms with Gasteiger partial charge in [-0.05, 0) is 42.3 Å². The van der Waals surface area contributed by atoms with E-state index >= 15 is 0 Å². The second-order valence-electron chi connectivity index (χ2n) is 7.78. The van der Waals surface area contributed by atoms with Gasteiger partial charge in [0.25, 0.3) is 0 Å². The van der Waals surface area contributed by atoms with Gasteiger partial charge in [-0.15, -0.1) is 0 Å². The molecule has 1 aliphatic rings. The number of ether oxygens (including phenoxy) is 2. The summed E-state index contributed by atoms with van der Waals surface area (Å²) in [6.45, 7) is 7.72. The van der Waals surface area contributed by atoms with Crippen molar-refractivity contribution in [3.63, 3.8) is 0 Å². The van der Waals surface area contributed by atoms with Crippen LogP contribution in [0, 0.1) is 5.82 Å². The lowest BCUT2D eigenvalue weighted by molar-refractivity contribution is -0.133. The van der Waals surface area contributed by atoms with E-state index in [-0.39, 0.29) is 11.7 Å². The number of methoxy groups -OCH3 is 2. The van der Waals surface area contributed by atoms with Gasteiger partial charge in [-0.25, -0.2) is 4.39 Å². The Kier molecular flexibility index (Phi) is 8.26. The lowest BCUT2D eigenvalue weighted by Gasteiger charge is -2.35. The molecular weight excluding hydrogens is 397 g/mol. The van der Waals surface area contributed by atoms with E-state index in [0.29, 0.717) is 19.6 Å². The van der Waals surface area contributed by atoms with Crippen LogP contribution in [0.3, 0.4) is 0 Å². The van der Waals surface area contributed by atoms with Crippen LogP contribution in [0.25, 0.3) is 0 Å². The van der Waals surface area contributed by atoms with Crippen LogP contribution in [-0.4, -0.2) is 74.1 Å². The highest BCUT2D eigenvalue weighted by atomic mass is 19.1. The molecule has 0 atom stereocenters. The van der Waals surface area contributed by atoms with Crippen LogP contribution < -0.4 is 9.47 Å². The smallest absolute Gasteiger partial charge is 0.237 e. The first-order valence-electron chi connectivity index (χ1n) is 10.7. The third kappa shape index (κ3) is 6.42. The van der Waals surface area contributed by atoms with Crippen molar-refractivity contribution in [2.24, 2.45) is 0 Å². The minimum atomic E-state index is -0.272. The van der Waals surface area contributed by atoms with Crippen molar-refractivity contribution < 1.29 is 18.7 Å². The summed E-state index contributed by atoms with van der Waals surface area (Å²) in [6, 6.07) is 12.4. The second kappa shape index (κ2) is 11.1. The predicted octanol–water partition coefficient (Wildman–Crippen LogP) is 3.01. The Morgan fingerprint density at radius 2 is 1.68 bits per heavy atom. The molecule has 1 aliphatic heterocycles. The number of benzene rings is 2. The molecule has 1 heterocycles. The normalized spacial score (nSPS) is 15.0. The molecule has 1 saturated heterocycles. The summed E-state index contributed by atoms with van der Waals surface area (Å²) >= 11 is 0. The van der Waals surface area contributed by atoms with E-state index < -0.39 is 0 Å². The maximum absolute atomic E-state index is 13.4. The molecule has 2 aromatic rings. The number of likely N-dealkylation sites (N-methyl/N-ethyl adjacent to an activating group) is 1. The first kappa shape index (κ1) is 23.0. The van der Waals surface area contributed by atoms with Crippen LogP contribution in [0.15, 0.2) is 42.5 Å². The molecular formula is C24H32FN3O3. The van der Waals surface area contributed by atoms with Gasteiger partial charge in [0.15, 0.2) is 11.5 Å². The van der Waals surface area contributed by atoms with Crippen LogP contribution in [0.5, 0.6) is 11.5 Å². The molecule has 0 unspecified atom stereocenters. The lowest BCUT2D eigenvalue weighted by atomic mass is 10.1. The van der Waals surface area contributed by atoms with Gasteiger partial charge in [0.2, 0.25) is 5.91 Å². The molecule has 0 aliphatic carbocycles. The summed E-state index contributed by atoms with van der Waals surface area (Å²) < 4.78 is 24.1. The summed E-state index contributed by atoms with van der Waals surface area (Å²) in [5.74, 6) is 1.28. The molecule has 0 bridgehead atoms. The van der Waals surface area contributed by atoms with Gasteiger partial charge >= 0.3 is 0 Å². The van der Waals surface area contributed by atoms with Gasteiger partial charge in [-0.1, -0.05) is 18.2 Å². The number of rotatable bonds is 9. The van der Waals surface area contributed by atoms with Crippen molar-refractivity contribution in [3.05, 3.63) is 59.4 Å². The monoisotopic (exact) mass is 429 g/mol. The SMILES string of the molecule is CCN(Cc1cccc(F)c1)C(=O)CN1CCN(Cc2ccc(OC)c(OC)c2)CC1. The number of hydrogen-bond acceptors (Lipinski definition) is 5. The summed E-state index contributed by atoms with van der Waals surface area (Å²) in [6.07, 6.45) is 0. The van der Waals surface area contributed by atoms with E-state index in [1.807, 2.05) is 25.1 Å². The molecule has 31 heavy (non-hydrogen) atoms. The summed E-state index contributed by atoms with van der Waals surface area (Å²) in [5, 5.41) is 0. The topological polar surface area (TPSA) is 45.3 Å². The van der Waals surface area contributed by atoms with Crippen molar-refractivity contribution in [1.29, 1.82) is 0 Å². The number of halogens is 1. The zero-order valence-electron chi connectivity index (χ0n) is 18.6. The zero-order chi connectivity index (χ0) is 22.2. The number of piperazine rings is 1. The fraction of sp³-hybridized carbons (Fsp3) is 0.458. The van der Waals surface area contributed by atoms with Gasteiger partial charge in [0, 0.05) is 45.8 Å². The van der Waals surface area contributed by atoms with E-state index in [0.717, 1.165) is 49.8 Å². The molecule has 0 spiro atoms. The maximum Gasteiger partial charge on any atom is 0.237 e. The van der Waals surface area contributed by atoms with Crippen LogP contribution >= 0.6 is 0 Å². The van der Waals surface area contributed by atoms with E-state index in [2.05, 4.69) is 15.9 Å². The van der Waals surface area contributed by atoms with Crippen molar-refractivity contribution in [2.45, 2.75) is 20.0 Å².